The third-order valence-electron chi connectivity index (χ3n) is 2.84. The Morgan fingerprint density at radius 1 is 1.71 bits per heavy atom. The zero-order valence-corrected chi connectivity index (χ0v) is 9.27. The molecule has 2 rings (SSSR count). The van der Waals surface area contributed by atoms with Crippen molar-refractivity contribution in [2.45, 2.75) is 19.0 Å². The lowest BCUT2D eigenvalue weighted by atomic mass is 10.2. The predicted molar refractivity (Wildman–Crippen MR) is 59.0 cm³/mol. The van der Waals surface area contributed by atoms with Crippen LogP contribution >= 0.6 is 0 Å². The van der Waals surface area contributed by atoms with Gasteiger partial charge in [-0.25, -0.2) is 9.78 Å². The topological polar surface area (TPSA) is 65.5 Å². The fourth-order valence-corrected chi connectivity index (χ4v) is 1.92. The summed E-state index contributed by atoms with van der Waals surface area (Å²) in [6, 6.07) is 3.25. The van der Waals surface area contributed by atoms with E-state index in [0.717, 1.165) is 12.0 Å². The second kappa shape index (κ2) is 5.09. The molecule has 17 heavy (non-hydrogen) atoms. The van der Waals surface area contributed by atoms with E-state index in [-0.39, 0.29) is 6.04 Å². The van der Waals surface area contributed by atoms with Crippen LogP contribution in [0.2, 0.25) is 0 Å². The van der Waals surface area contributed by atoms with Crippen molar-refractivity contribution < 1.29 is 14.3 Å². The van der Waals surface area contributed by atoms with Gasteiger partial charge >= 0.3 is 6.09 Å². The maximum atomic E-state index is 12.8. The van der Waals surface area contributed by atoms with Gasteiger partial charge in [0.05, 0.1) is 0 Å². The van der Waals surface area contributed by atoms with Gasteiger partial charge in [-0.3, -0.25) is 0 Å². The summed E-state index contributed by atoms with van der Waals surface area (Å²) in [4.78, 5) is 15.6. The van der Waals surface area contributed by atoms with Crippen molar-refractivity contribution in [1.29, 1.82) is 0 Å². The third-order valence-corrected chi connectivity index (χ3v) is 2.84. The highest BCUT2D eigenvalue weighted by atomic mass is 19.1. The van der Waals surface area contributed by atoms with E-state index in [2.05, 4.69) is 10.3 Å². The molecule has 1 fully saturated rings. The average Bonchev–Trinajstić information content (AvgIpc) is 2.75. The van der Waals surface area contributed by atoms with Crippen molar-refractivity contribution in [3.05, 3.63) is 29.8 Å². The normalized spacial score (nSPS) is 19.6. The van der Waals surface area contributed by atoms with E-state index >= 15 is 0 Å². The van der Waals surface area contributed by atoms with Gasteiger partial charge in [0.2, 0.25) is 5.95 Å². The van der Waals surface area contributed by atoms with Gasteiger partial charge in [0, 0.05) is 31.9 Å². The van der Waals surface area contributed by atoms with E-state index in [4.69, 9.17) is 5.11 Å². The number of carboxylic acid groups (broad SMARTS) is 1. The van der Waals surface area contributed by atoms with E-state index in [0.29, 0.717) is 19.6 Å². The van der Waals surface area contributed by atoms with Gasteiger partial charge < -0.3 is 15.3 Å². The summed E-state index contributed by atoms with van der Waals surface area (Å²) in [5.74, 6) is -0.497. The summed E-state index contributed by atoms with van der Waals surface area (Å²) < 4.78 is 12.8. The van der Waals surface area contributed by atoms with Crippen LogP contribution < -0.4 is 5.32 Å². The van der Waals surface area contributed by atoms with Crippen LogP contribution in [-0.4, -0.2) is 40.2 Å². The third kappa shape index (κ3) is 3.13. The lowest BCUT2D eigenvalue weighted by Crippen LogP contribution is -2.34. The van der Waals surface area contributed by atoms with Gasteiger partial charge in [-0.05, 0) is 24.1 Å². The monoisotopic (exact) mass is 239 g/mol. The molecule has 1 atom stereocenters. The van der Waals surface area contributed by atoms with E-state index in [1.807, 2.05) is 0 Å². The van der Waals surface area contributed by atoms with E-state index < -0.39 is 12.0 Å². The van der Waals surface area contributed by atoms with Gasteiger partial charge in [0.15, 0.2) is 0 Å². The van der Waals surface area contributed by atoms with Crippen LogP contribution in [0.1, 0.15) is 12.0 Å². The number of aromatic nitrogens is 1. The molecule has 2 heterocycles. The van der Waals surface area contributed by atoms with Crippen LogP contribution in [0.5, 0.6) is 0 Å². The molecule has 1 aliphatic rings. The number of likely N-dealkylation sites (tertiary alicyclic amines) is 1. The maximum absolute atomic E-state index is 12.8. The minimum Gasteiger partial charge on any atom is -0.465 e. The van der Waals surface area contributed by atoms with E-state index in [9.17, 15) is 9.18 Å². The smallest absolute Gasteiger partial charge is 0.407 e. The maximum Gasteiger partial charge on any atom is 0.407 e. The number of nitrogens with zero attached hydrogens (tertiary/aromatic N) is 2. The van der Waals surface area contributed by atoms with Crippen LogP contribution in [0, 0.1) is 5.95 Å². The number of halogens is 1. The minimum atomic E-state index is -0.885. The molecule has 0 radical (unpaired) electrons. The SMILES string of the molecule is O=C(O)N1CC[C@@H](NCc2ccnc(F)c2)C1. The molecular formula is C11H14FN3O2. The van der Waals surface area contributed by atoms with Gasteiger partial charge in [-0.15, -0.1) is 0 Å². The summed E-state index contributed by atoms with van der Waals surface area (Å²) in [5, 5.41) is 12.0. The molecule has 2 N–H and O–H groups in total. The zero-order chi connectivity index (χ0) is 12.3. The molecule has 92 valence electrons. The number of rotatable bonds is 3. The van der Waals surface area contributed by atoms with Gasteiger partial charge in [-0.1, -0.05) is 0 Å². The van der Waals surface area contributed by atoms with Crippen molar-refractivity contribution in [3.63, 3.8) is 0 Å². The van der Waals surface area contributed by atoms with Crippen LogP contribution in [0.3, 0.4) is 0 Å². The molecule has 1 aromatic heterocycles. The second-order valence-corrected chi connectivity index (χ2v) is 4.08. The Labute approximate surface area is 98.3 Å². The molecule has 1 aromatic rings. The molecule has 6 heteroatoms. The van der Waals surface area contributed by atoms with Crippen LogP contribution in [0.25, 0.3) is 0 Å². The highest BCUT2D eigenvalue weighted by Crippen LogP contribution is 2.10. The molecule has 1 saturated heterocycles. The molecule has 0 unspecified atom stereocenters. The fraction of sp³-hybridized carbons (Fsp3) is 0.455. The lowest BCUT2D eigenvalue weighted by molar-refractivity contribution is 0.154. The molecule has 0 aliphatic carbocycles. The molecule has 0 aromatic carbocycles. The Morgan fingerprint density at radius 2 is 2.53 bits per heavy atom. The Kier molecular flexibility index (Phi) is 3.53. The first-order valence-corrected chi connectivity index (χ1v) is 5.47. The molecule has 0 bridgehead atoms. The largest absolute Gasteiger partial charge is 0.465 e. The highest BCUT2D eigenvalue weighted by molar-refractivity contribution is 5.65. The standard InChI is InChI=1S/C11H14FN3O2/c12-10-5-8(1-3-13-10)6-14-9-2-4-15(7-9)11(16)17/h1,3,5,9,14H,2,4,6-7H2,(H,16,17)/t9-/m1/s1. The number of nitrogens with one attached hydrogen (secondary N) is 1. The summed E-state index contributed by atoms with van der Waals surface area (Å²) in [5.41, 5.74) is 0.811. The van der Waals surface area contributed by atoms with Crippen molar-refractivity contribution >= 4 is 6.09 Å². The molecule has 0 saturated carbocycles. The predicted octanol–water partition coefficient (Wildman–Crippen LogP) is 1.06. The van der Waals surface area contributed by atoms with E-state index in [1.165, 1.54) is 17.2 Å². The first-order chi connectivity index (χ1) is 8.15. The molecule has 1 aliphatic heterocycles. The van der Waals surface area contributed by atoms with Gasteiger partial charge in [0.25, 0.3) is 0 Å². The molecule has 0 spiro atoms. The number of hydrogen-bond acceptors (Lipinski definition) is 3. The summed E-state index contributed by atoms with van der Waals surface area (Å²) >= 11 is 0. The first kappa shape index (κ1) is 11.8. The number of hydrogen-bond donors (Lipinski definition) is 2. The van der Waals surface area contributed by atoms with Crippen LogP contribution in [0.15, 0.2) is 18.3 Å². The Morgan fingerprint density at radius 3 is 3.18 bits per heavy atom. The Bertz CT molecular complexity index is 413. The molecular weight excluding hydrogens is 225 g/mol. The quantitative estimate of drug-likeness (QED) is 0.774. The number of carbonyl (C=O) groups is 1. The lowest BCUT2D eigenvalue weighted by Gasteiger charge is -2.13. The summed E-state index contributed by atoms with van der Waals surface area (Å²) in [7, 11) is 0. The minimum absolute atomic E-state index is 0.141. The Balaban J connectivity index is 1.82. The average molecular weight is 239 g/mol. The summed E-state index contributed by atoms with van der Waals surface area (Å²) in [6.45, 7) is 1.57. The Hall–Kier alpha value is -1.69. The van der Waals surface area contributed by atoms with Crippen molar-refractivity contribution in [3.8, 4) is 0 Å². The second-order valence-electron chi connectivity index (χ2n) is 4.08. The van der Waals surface area contributed by atoms with Gasteiger partial charge in [-0.2, -0.15) is 4.39 Å². The highest BCUT2D eigenvalue weighted by Gasteiger charge is 2.25. The molecule has 1 amide bonds. The number of amides is 1. The van der Waals surface area contributed by atoms with Crippen molar-refractivity contribution in [2.24, 2.45) is 0 Å². The first-order valence-electron chi connectivity index (χ1n) is 5.47. The van der Waals surface area contributed by atoms with E-state index in [1.54, 1.807) is 6.07 Å². The van der Waals surface area contributed by atoms with Gasteiger partial charge in [0.1, 0.15) is 0 Å². The van der Waals surface area contributed by atoms with Crippen molar-refractivity contribution in [2.75, 3.05) is 13.1 Å². The molecule has 5 nitrogen and oxygen atoms in total. The van der Waals surface area contributed by atoms with Crippen LogP contribution in [0.4, 0.5) is 9.18 Å². The summed E-state index contributed by atoms with van der Waals surface area (Å²) in [6.07, 6.45) is 1.33. The van der Waals surface area contributed by atoms with Crippen LogP contribution in [-0.2, 0) is 6.54 Å². The zero-order valence-electron chi connectivity index (χ0n) is 9.27. The number of pyridine rings is 1. The fourth-order valence-electron chi connectivity index (χ4n) is 1.92. The van der Waals surface area contributed by atoms with Crippen molar-refractivity contribution in [1.82, 2.24) is 15.2 Å².